The zero-order chi connectivity index (χ0) is 15.8. The smallest absolute Gasteiger partial charge is 0.0788 e. The first-order chi connectivity index (χ1) is 9.67. The Bertz CT molecular complexity index is 345. The van der Waals surface area contributed by atoms with Crippen molar-refractivity contribution in [2.45, 2.75) is 90.0 Å². The van der Waals surface area contributed by atoms with Gasteiger partial charge < -0.3 is 15.4 Å². The third-order valence-electron chi connectivity index (χ3n) is 6.16. The SMILES string of the molecule is CCC1CCC(N(C)CC2C(N)C(C)(C)OC2(C)C)CC1. The van der Waals surface area contributed by atoms with Crippen molar-refractivity contribution < 1.29 is 4.74 Å². The maximum atomic E-state index is 6.50. The van der Waals surface area contributed by atoms with Gasteiger partial charge in [-0.2, -0.15) is 0 Å². The van der Waals surface area contributed by atoms with Gasteiger partial charge in [-0.05, 0) is 66.3 Å². The molecule has 2 fully saturated rings. The standard InChI is InChI=1S/C18H36N2O/c1-7-13-8-10-14(11-9-13)20(6)12-15-16(19)18(4,5)21-17(15,2)3/h13-16H,7-12,19H2,1-6H3. The van der Waals surface area contributed by atoms with E-state index in [0.29, 0.717) is 5.92 Å². The molecule has 0 amide bonds. The van der Waals surface area contributed by atoms with Crippen molar-refractivity contribution in [2.75, 3.05) is 13.6 Å². The fourth-order valence-corrected chi connectivity index (χ4v) is 4.53. The maximum Gasteiger partial charge on any atom is 0.0788 e. The van der Waals surface area contributed by atoms with E-state index < -0.39 is 0 Å². The van der Waals surface area contributed by atoms with Crippen molar-refractivity contribution in [3.63, 3.8) is 0 Å². The van der Waals surface area contributed by atoms with Crippen molar-refractivity contribution in [1.29, 1.82) is 0 Å². The summed E-state index contributed by atoms with van der Waals surface area (Å²) in [5.74, 6) is 1.36. The molecule has 1 heterocycles. The van der Waals surface area contributed by atoms with E-state index in [0.717, 1.165) is 18.5 Å². The molecule has 0 aromatic heterocycles. The molecule has 124 valence electrons. The first-order valence-electron chi connectivity index (χ1n) is 8.83. The van der Waals surface area contributed by atoms with Gasteiger partial charge in [0.2, 0.25) is 0 Å². The minimum atomic E-state index is -0.213. The highest BCUT2D eigenvalue weighted by molar-refractivity contribution is 5.04. The van der Waals surface area contributed by atoms with Crippen LogP contribution in [0.5, 0.6) is 0 Å². The number of hydrogen-bond donors (Lipinski definition) is 1. The van der Waals surface area contributed by atoms with E-state index >= 15 is 0 Å². The van der Waals surface area contributed by atoms with Crippen LogP contribution in [-0.2, 0) is 4.74 Å². The van der Waals surface area contributed by atoms with Crippen molar-refractivity contribution in [1.82, 2.24) is 4.90 Å². The Morgan fingerprint density at radius 2 is 1.62 bits per heavy atom. The van der Waals surface area contributed by atoms with Crippen LogP contribution in [0.15, 0.2) is 0 Å². The predicted molar refractivity (Wildman–Crippen MR) is 89.4 cm³/mol. The second-order valence-corrected chi connectivity index (χ2v) is 8.46. The van der Waals surface area contributed by atoms with Crippen LogP contribution in [0, 0.1) is 11.8 Å². The lowest BCUT2D eigenvalue weighted by atomic mass is 9.81. The summed E-state index contributed by atoms with van der Waals surface area (Å²) in [6.45, 7) is 12.0. The lowest BCUT2D eigenvalue weighted by molar-refractivity contribution is -0.0790. The summed E-state index contributed by atoms with van der Waals surface area (Å²) in [7, 11) is 2.28. The molecule has 2 N–H and O–H groups in total. The Hall–Kier alpha value is -0.120. The van der Waals surface area contributed by atoms with E-state index in [1.54, 1.807) is 0 Å². The van der Waals surface area contributed by atoms with Gasteiger partial charge in [0, 0.05) is 24.5 Å². The van der Waals surface area contributed by atoms with Gasteiger partial charge in [-0.1, -0.05) is 13.3 Å². The molecule has 3 nitrogen and oxygen atoms in total. The molecule has 0 aromatic carbocycles. The molecule has 2 aliphatic rings. The second-order valence-electron chi connectivity index (χ2n) is 8.46. The number of nitrogens with two attached hydrogens (primary N) is 1. The summed E-state index contributed by atoms with van der Waals surface area (Å²) < 4.78 is 6.23. The molecule has 1 saturated heterocycles. The van der Waals surface area contributed by atoms with E-state index in [1.807, 2.05) is 0 Å². The molecule has 2 atom stereocenters. The highest BCUT2D eigenvalue weighted by Gasteiger charge is 2.52. The van der Waals surface area contributed by atoms with Crippen LogP contribution in [0.2, 0.25) is 0 Å². The van der Waals surface area contributed by atoms with E-state index in [4.69, 9.17) is 10.5 Å². The van der Waals surface area contributed by atoms with Crippen molar-refractivity contribution >= 4 is 0 Å². The molecule has 1 aliphatic carbocycles. The van der Waals surface area contributed by atoms with Gasteiger partial charge in [0.25, 0.3) is 0 Å². The summed E-state index contributed by atoms with van der Waals surface area (Å²) in [6, 6.07) is 0.849. The van der Waals surface area contributed by atoms with Crippen LogP contribution in [-0.4, -0.2) is 41.8 Å². The van der Waals surface area contributed by atoms with Crippen LogP contribution in [0.4, 0.5) is 0 Å². The zero-order valence-corrected chi connectivity index (χ0v) is 15.0. The molecule has 0 aromatic rings. The van der Waals surface area contributed by atoms with E-state index in [-0.39, 0.29) is 17.2 Å². The van der Waals surface area contributed by atoms with Crippen molar-refractivity contribution in [3.05, 3.63) is 0 Å². The van der Waals surface area contributed by atoms with Gasteiger partial charge in [-0.15, -0.1) is 0 Å². The van der Waals surface area contributed by atoms with Gasteiger partial charge in [0.15, 0.2) is 0 Å². The summed E-state index contributed by atoms with van der Waals surface area (Å²) >= 11 is 0. The lowest BCUT2D eigenvalue weighted by Gasteiger charge is -2.38. The minimum Gasteiger partial charge on any atom is -0.368 e. The molecule has 0 bridgehead atoms. The first-order valence-corrected chi connectivity index (χ1v) is 8.83. The molecule has 0 radical (unpaired) electrons. The molecular weight excluding hydrogens is 260 g/mol. The maximum absolute atomic E-state index is 6.50. The number of nitrogens with zero attached hydrogens (tertiary/aromatic N) is 1. The summed E-state index contributed by atoms with van der Waals surface area (Å²) in [5.41, 5.74) is 6.16. The predicted octanol–water partition coefficient (Wildman–Crippen LogP) is 3.42. The molecule has 1 aliphatic heterocycles. The topological polar surface area (TPSA) is 38.5 Å². The molecule has 2 unspecified atom stereocenters. The fourth-order valence-electron chi connectivity index (χ4n) is 4.53. The monoisotopic (exact) mass is 296 g/mol. The highest BCUT2D eigenvalue weighted by atomic mass is 16.5. The molecule has 2 rings (SSSR count). The Balaban J connectivity index is 1.95. The number of hydrogen-bond acceptors (Lipinski definition) is 3. The first kappa shape index (κ1) is 17.2. The van der Waals surface area contributed by atoms with Gasteiger partial charge in [-0.25, -0.2) is 0 Å². The normalized spacial score (nSPS) is 38.9. The summed E-state index contributed by atoms with van der Waals surface area (Å²) in [5, 5.41) is 0. The van der Waals surface area contributed by atoms with E-state index in [1.165, 1.54) is 32.1 Å². The van der Waals surface area contributed by atoms with Crippen LogP contribution < -0.4 is 5.73 Å². The van der Waals surface area contributed by atoms with E-state index in [9.17, 15) is 0 Å². The fraction of sp³-hybridized carbons (Fsp3) is 1.00. The van der Waals surface area contributed by atoms with Crippen LogP contribution >= 0.6 is 0 Å². The molecule has 3 heteroatoms. The van der Waals surface area contributed by atoms with Crippen molar-refractivity contribution in [3.8, 4) is 0 Å². The molecule has 1 saturated carbocycles. The Morgan fingerprint density at radius 3 is 2.05 bits per heavy atom. The average Bonchev–Trinajstić information content (AvgIpc) is 2.57. The lowest BCUT2D eigenvalue weighted by Crippen LogP contribution is -2.49. The highest BCUT2D eigenvalue weighted by Crippen LogP contribution is 2.42. The third-order valence-corrected chi connectivity index (χ3v) is 6.16. The minimum absolute atomic E-state index is 0.113. The third kappa shape index (κ3) is 3.62. The van der Waals surface area contributed by atoms with Gasteiger partial charge in [0.1, 0.15) is 0 Å². The van der Waals surface area contributed by atoms with E-state index in [2.05, 4.69) is 46.6 Å². The largest absolute Gasteiger partial charge is 0.368 e. The number of ether oxygens (including phenoxy) is 1. The zero-order valence-electron chi connectivity index (χ0n) is 15.0. The Labute approximate surface area is 131 Å². The van der Waals surface area contributed by atoms with Crippen LogP contribution in [0.1, 0.15) is 66.7 Å². The molecule has 21 heavy (non-hydrogen) atoms. The quantitative estimate of drug-likeness (QED) is 0.864. The Morgan fingerprint density at radius 1 is 1.05 bits per heavy atom. The summed E-state index contributed by atoms with van der Waals surface area (Å²) in [6.07, 6.45) is 6.84. The molecular formula is C18H36N2O. The molecule has 0 spiro atoms. The van der Waals surface area contributed by atoms with Crippen LogP contribution in [0.3, 0.4) is 0 Å². The second kappa shape index (κ2) is 6.17. The van der Waals surface area contributed by atoms with Crippen molar-refractivity contribution in [2.24, 2.45) is 17.6 Å². The van der Waals surface area contributed by atoms with Gasteiger partial charge >= 0.3 is 0 Å². The summed E-state index contributed by atoms with van der Waals surface area (Å²) in [4.78, 5) is 2.56. The average molecular weight is 296 g/mol. The van der Waals surface area contributed by atoms with Crippen LogP contribution in [0.25, 0.3) is 0 Å². The van der Waals surface area contributed by atoms with Gasteiger partial charge in [0.05, 0.1) is 11.2 Å². The Kier molecular flexibility index (Phi) is 5.07. The van der Waals surface area contributed by atoms with Gasteiger partial charge in [-0.3, -0.25) is 0 Å². The number of rotatable bonds is 4.